The third-order valence-electron chi connectivity index (χ3n) is 15.6. The van der Waals surface area contributed by atoms with Gasteiger partial charge in [-0.1, -0.05) is 355 Å². The van der Waals surface area contributed by atoms with Gasteiger partial charge in [-0.3, -0.25) is 9.59 Å². The normalized spacial score (nSPS) is 13.5. The summed E-state index contributed by atoms with van der Waals surface area (Å²) in [5.41, 5.74) is 0. The molecule has 0 radical (unpaired) electrons. The van der Waals surface area contributed by atoms with Crippen molar-refractivity contribution in [2.45, 2.75) is 315 Å². The van der Waals surface area contributed by atoms with Gasteiger partial charge in [-0.05, 0) is 148 Å². The van der Waals surface area contributed by atoms with Gasteiger partial charge in [-0.25, -0.2) is 0 Å². The quantitative estimate of drug-likeness (QED) is 0.0373. The molecule has 0 fully saturated rings. The molecule has 0 heterocycles. The van der Waals surface area contributed by atoms with Crippen molar-refractivity contribution in [3.05, 3.63) is 207 Å². The average molecular weight is 1260 g/mol. The smallest absolute Gasteiger partial charge is 0.306 e. The molecular weight excluding hydrogens is 1120 g/mol. The predicted octanol–water partition coefficient (Wildman–Crippen LogP) is 26.9. The Bertz CT molecular complexity index is 2120. The highest BCUT2D eigenvalue weighted by Crippen LogP contribution is 2.17. The molecule has 0 aromatic rings. The van der Waals surface area contributed by atoms with Crippen LogP contribution >= 0.6 is 0 Å². The van der Waals surface area contributed by atoms with Crippen molar-refractivity contribution < 1.29 is 24.2 Å². The Morgan fingerprint density at radius 3 is 0.663 bits per heavy atom. The molecule has 516 valence electrons. The Kier molecular flexibility index (Phi) is 74.9. The number of aliphatic hydroxyl groups excluding tert-OH is 1. The predicted molar refractivity (Wildman–Crippen MR) is 407 cm³/mol. The van der Waals surface area contributed by atoms with Crippen molar-refractivity contribution in [1.82, 2.24) is 0 Å². The van der Waals surface area contributed by atoms with Gasteiger partial charge in [0.1, 0.15) is 6.61 Å². The molecule has 5 nitrogen and oxygen atoms in total. The lowest BCUT2D eigenvalue weighted by Crippen LogP contribution is -2.28. The number of hydrogen-bond donors (Lipinski definition) is 1. The molecule has 5 heteroatoms. The van der Waals surface area contributed by atoms with Gasteiger partial charge in [0.15, 0.2) is 6.10 Å². The SMILES string of the molecule is CC/C=C\C/C=C\C/C=C\C/C=C\C/C=C\C/C=C\C/C=C\C/C=C\C/C=C\C/C=C\C/C=C\CCCCCC(=O)OC(CO)COC(=O)CCCCCCCCCCCCCCCCCCCCCCCC/C=C\C/C=C\C/C=C\C/C=C\C/C=C\C/C=C\CC. The van der Waals surface area contributed by atoms with E-state index in [1.807, 2.05) is 0 Å². The molecule has 0 aromatic carbocycles. The Morgan fingerprint density at radius 2 is 0.435 bits per heavy atom. The lowest BCUT2D eigenvalue weighted by atomic mass is 10.0. The molecule has 0 saturated heterocycles. The molecule has 0 bridgehead atoms. The van der Waals surface area contributed by atoms with Crippen LogP contribution in [-0.2, 0) is 19.1 Å². The molecule has 0 aliphatic carbocycles. The van der Waals surface area contributed by atoms with Crippen molar-refractivity contribution in [2.75, 3.05) is 13.2 Å². The van der Waals surface area contributed by atoms with Gasteiger partial charge < -0.3 is 14.6 Å². The minimum absolute atomic E-state index is 0.0888. The first-order valence-corrected chi connectivity index (χ1v) is 37.6. The molecule has 0 aliphatic rings. The summed E-state index contributed by atoms with van der Waals surface area (Å²) in [4.78, 5) is 24.7. The first kappa shape index (κ1) is 86.5. The van der Waals surface area contributed by atoms with Crippen LogP contribution in [0.3, 0.4) is 0 Å². The molecule has 92 heavy (non-hydrogen) atoms. The number of rotatable bonds is 67. The summed E-state index contributed by atoms with van der Waals surface area (Å²) < 4.78 is 10.7. The molecule has 0 amide bonds. The van der Waals surface area contributed by atoms with Crippen LogP contribution in [0.25, 0.3) is 0 Å². The largest absolute Gasteiger partial charge is 0.462 e. The van der Waals surface area contributed by atoms with E-state index in [-0.39, 0.29) is 25.2 Å². The highest BCUT2D eigenvalue weighted by molar-refractivity contribution is 5.70. The van der Waals surface area contributed by atoms with Gasteiger partial charge in [0.2, 0.25) is 0 Å². The zero-order valence-electron chi connectivity index (χ0n) is 59.2. The Labute approximate surface area is 568 Å². The molecule has 0 aliphatic heterocycles. The fourth-order valence-corrected chi connectivity index (χ4v) is 10.0. The molecule has 1 N–H and O–H groups in total. The second-order valence-electron chi connectivity index (χ2n) is 24.3. The first-order chi connectivity index (χ1) is 45.6. The molecule has 0 aromatic heterocycles. The topological polar surface area (TPSA) is 72.8 Å². The zero-order chi connectivity index (χ0) is 66.1. The highest BCUT2D eigenvalue weighted by Gasteiger charge is 2.16. The highest BCUT2D eigenvalue weighted by atomic mass is 16.6. The van der Waals surface area contributed by atoms with Crippen LogP contribution in [0.1, 0.15) is 309 Å². The number of aliphatic hydroxyl groups is 1. The maximum atomic E-state index is 12.4. The average Bonchev–Trinajstić information content (AvgIpc) is 3.70. The second-order valence-corrected chi connectivity index (χ2v) is 24.3. The minimum atomic E-state index is -0.805. The number of carbonyl (C=O) groups excluding carboxylic acids is 2. The summed E-state index contributed by atoms with van der Waals surface area (Å²) in [6, 6.07) is 0. The van der Waals surface area contributed by atoms with Gasteiger partial charge in [0.25, 0.3) is 0 Å². The summed E-state index contributed by atoms with van der Waals surface area (Å²) in [6.45, 7) is 3.89. The zero-order valence-corrected chi connectivity index (χ0v) is 59.2. The molecular formula is C87H138O5. The van der Waals surface area contributed by atoms with E-state index >= 15 is 0 Å². The number of unbranched alkanes of at least 4 members (excludes halogenated alkanes) is 25. The van der Waals surface area contributed by atoms with Crippen molar-refractivity contribution in [3.8, 4) is 0 Å². The van der Waals surface area contributed by atoms with E-state index in [0.717, 1.165) is 154 Å². The van der Waals surface area contributed by atoms with Crippen molar-refractivity contribution in [3.63, 3.8) is 0 Å². The van der Waals surface area contributed by atoms with E-state index in [0.29, 0.717) is 12.8 Å². The summed E-state index contributed by atoms with van der Waals surface area (Å²) in [5.74, 6) is -0.633. The maximum Gasteiger partial charge on any atom is 0.306 e. The van der Waals surface area contributed by atoms with Crippen LogP contribution < -0.4 is 0 Å². The Morgan fingerprint density at radius 1 is 0.250 bits per heavy atom. The van der Waals surface area contributed by atoms with Gasteiger partial charge in [0.05, 0.1) is 6.61 Å². The van der Waals surface area contributed by atoms with Crippen molar-refractivity contribution >= 4 is 11.9 Å². The number of ether oxygens (including phenoxy) is 2. The van der Waals surface area contributed by atoms with E-state index in [4.69, 9.17) is 9.47 Å². The van der Waals surface area contributed by atoms with E-state index in [2.05, 4.69) is 220 Å². The third-order valence-corrected chi connectivity index (χ3v) is 15.6. The van der Waals surface area contributed by atoms with E-state index in [1.54, 1.807) is 0 Å². The second kappa shape index (κ2) is 79.7. The Balaban J connectivity index is 3.57. The van der Waals surface area contributed by atoms with Crippen LogP contribution in [0.5, 0.6) is 0 Å². The monoisotopic (exact) mass is 1260 g/mol. The van der Waals surface area contributed by atoms with Gasteiger partial charge in [-0.2, -0.15) is 0 Å². The molecule has 0 saturated carbocycles. The van der Waals surface area contributed by atoms with Crippen LogP contribution in [-0.4, -0.2) is 36.4 Å². The third kappa shape index (κ3) is 76.9. The van der Waals surface area contributed by atoms with Crippen LogP contribution in [0.15, 0.2) is 207 Å². The standard InChI is InChI=1S/C87H138O5/c1-3-5-7-9-11-13-15-17-19-21-23-25-27-29-31-33-35-37-39-41-42-43-44-46-47-49-51-53-55-57-59-61-63-65-67-69-71-73-75-77-79-81-86(89)91-84-85(83-88)92-87(90)82-80-78-76-74-72-70-68-66-64-62-60-58-56-54-52-50-48-45-40-38-36-34-32-30-28-26-24-22-20-18-16-14-12-10-8-6-4-2/h5-8,11-14,17-20,23-26,29-32,35-38,45,48,52,54,58,60,64,66,70,72,85,88H,3-4,9-10,15-16,21-22,27-28,33-34,39-44,46-47,49-51,53,55-57,59,61-63,65,67-69,71,73-84H2,1-2H3/b7-5-,8-6-,13-11-,14-12-,19-17-,20-18-,25-23-,26-24-,31-29-,32-30-,37-35-,38-36-,48-45-,54-52-,60-58-,66-64-,72-70-. The van der Waals surface area contributed by atoms with Crippen LogP contribution in [0.2, 0.25) is 0 Å². The fourth-order valence-electron chi connectivity index (χ4n) is 10.0. The summed E-state index contributed by atoms with van der Waals surface area (Å²) in [5, 5.41) is 9.71. The first-order valence-electron chi connectivity index (χ1n) is 37.6. The molecule has 1 atom stereocenters. The van der Waals surface area contributed by atoms with Crippen molar-refractivity contribution in [2.24, 2.45) is 0 Å². The maximum absolute atomic E-state index is 12.4. The molecule has 0 rings (SSSR count). The number of allylic oxidation sites excluding steroid dienone is 34. The van der Waals surface area contributed by atoms with E-state index in [1.165, 1.54) is 128 Å². The Hall–Kier alpha value is -5.52. The lowest BCUT2D eigenvalue weighted by Gasteiger charge is -2.15. The van der Waals surface area contributed by atoms with Crippen LogP contribution in [0, 0.1) is 0 Å². The number of esters is 2. The van der Waals surface area contributed by atoms with Gasteiger partial charge >= 0.3 is 11.9 Å². The number of hydrogen-bond acceptors (Lipinski definition) is 5. The van der Waals surface area contributed by atoms with E-state index < -0.39 is 6.10 Å². The van der Waals surface area contributed by atoms with Gasteiger partial charge in [0, 0.05) is 12.8 Å². The number of carbonyl (C=O) groups is 2. The molecule has 1 unspecified atom stereocenters. The molecule has 0 spiro atoms. The summed E-state index contributed by atoms with van der Waals surface area (Å²) in [7, 11) is 0. The lowest BCUT2D eigenvalue weighted by molar-refractivity contribution is -0.161. The summed E-state index contributed by atoms with van der Waals surface area (Å²) >= 11 is 0. The van der Waals surface area contributed by atoms with Crippen LogP contribution in [0.4, 0.5) is 0 Å². The summed E-state index contributed by atoms with van der Waals surface area (Å²) in [6.07, 6.45) is 127. The minimum Gasteiger partial charge on any atom is -0.462 e. The fraction of sp³-hybridized carbons (Fsp3) is 0.586. The van der Waals surface area contributed by atoms with Crippen molar-refractivity contribution in [1.29, 1.82) is 0 Å². The van der Waals surface area contributed by atoms with Gasteiger partial charge in [-0.15, -0.1) is 0 Å². The van der Waals surface area contributed by atoms with E-state index in [9.17, 15) is 14.7 Å².